The predicted octanol–water partition coefficient (Wildman–Crippen LogP) is 2.66. The summed E-state index contributed by atoms with van der Waals surface area (Å²) in [6.07, 6.45) is -0.857. The molecule has 2 aromatic carbocycles. The van der Waals surface area contributed by atoms with Gasteiger partial charge < -0.3 is 15.6 Å². The quantitative estimate of drug-likeness (QED) is 0.877. The van der Waals surface area contributed by atoms with Gasteiger partial charge in [0.25, 0.3) is 0 Å². The Balaban J connectivity index is 2.12. The number of carbonyl (C=O) groups is 1. The molecular weight excluding hydrogens is 254 g/mol. The van der Waals surface area contributed by atoms with Gasteiger partial charge in [-0.25, -0.2) is 4.79 Å². The summed E-state index contributed by atoms with van der Waals surface area (Å²) in [5.74, 6) is -0.436. The smallest absolute Gasteiger partial charge is 0.344 e. The lowest BCUT2D eigenvalue weighted by Gasteiger charge is -2.11. The number of carboxylic acid groups (broad SMARTS) is 1. The number of rotatable bonds is 5. The molecule has 0 fully saturated rings. The van der Waals surface area contributed by atoms with E-state index in [9.17, 15) is 4.79 Å². The Bertz CT molecular complexity index is 576. The summed E-state index contributed by atoms with van der Waals surface area (Å²) < 4.78 is 5.29. The number of ether oxygens (including phenoxy) is 1. The van der Waals surface area contributed by atoms with E-state index in [1.165, 1.54) is 6.92 Å². The van der Waals surface area contributed by atoms with Crippen molar-refractivity contribution in [2.75, 3.05) is 0 Å². The summed E-state index contributed by atoms with van der Waals surface area (Å²) in [6, 6.07) is 15.4. The van der Waals surface area contributed by atoms with Gasteiger partial charge in [-0.05, 0) is 35.7 Å². The van der Waals surface area contributed by atoms with Gasteiger partial charge in [0.1, 0.15) is 5.75 Å². The molecule has 0 aliphatic carbocycles. The maximum atomic E-state index is 10.7. The van der Waals surface area contributed by atoms with Crippen LogP contribution >= 0.6 is 0 Å². The number of hydrogen-bond donors (Lipinski definition) is 2. The van der Waals surface area contributed by atoms with Gasteiger partial charge in [0.15, 0.2) is 6.10 Å². The highest BCUT2D eigenvalue weighted by molar-refractivity contribution is 5.72. The maximum absolute atomic E-state index is 10.7. The van der Waals surface area contributed by atoms with Crippen LogP contribution in [0.15, 0.2) is 48.5 Å². The normalized spacial score (nSPS) is 11.9. The minimum absolute atomic E-state index is 0.528. The first kappa shape index (κ1) is 14.1. The summed E-state index contributed by atoms with van der Waals surface area (Å²) in [7, 11) is 0. The van der Waals surface area contributed by atoms with E-state index in [1.807, 2.05) is 36.4 Å². The summed E-state index contributed by atoms with van der Waals surface area (Å²) in [4.78, 5) is 10.7. The number of nitrogens with two attached hydrogens (primary N) is 1. The monoisotopic (exact) mass is 271 g/mol. The lowest BCUT2D eigenvalue weighted by molar-refractivity contribution is -0.144. The fraction of sp³-hybridized carbons (Fsp3) is 0.188. The third kappa shape index (κ3) is 3.36. The van der Waals surface area contributed by atoms with Crippen LogP contribution in [0.5, 0.6) is 5.75 Å². The average molecular weight is 271 g/mol. The molecule has 4 heteroatoms. The lowest BCUT2D eigenvalue weighted by atomic mass is 10.0. The first-order chi connectivity index (χ1) is 9.60. The third-order valence-corrected chi connectivity index (χ3v) is 3.04. The molecular formula is C16H17NO3. The Morgan fingerprint density at radius 3 is 2.05 bits per heavy atom. The molecule has 0 radical (unpaired) electrons. The van der Waals surface area contributed by atoms with E-state index in [4.69, 9.17) is 15.6 Å². The van der Waals surface area contributed by atoms with Gasteiger partial charge in [-0.15, -0.1) is 0 Å². The topological polar surface area (TPSA) is 72.5 Å². The van der Waals surface area contributed by atoms with Gasteiger partial charge >= 0.3 is 5.97 Å². The van der Waals surface area contributed by atoms with Gasteiger partial charge in [0.2, 0.25) is 0 Å². The van der Waals surface area contributed by atoms with E-state index < -0.39 is 12.1 Å². The maximum Gasteiger partial charge on any atom is 0.344 e. The Morgan fingerprint density at radius 2 is 1.60 bits per heavy atom. The number of hydrogen-bond acceptors (Lipinski definition) is 3. The van der Waals surface area contributed by atoms with Crippen molar-refractivity contribution in [1.82, 2.24) is 0 Å². The number of aliphatic carboxylic acids is 1. The fourth-order valence-corrected chi connectivity index (χ4v) is 1.81. The molecule has 0 aliphatic rings. The van der Waals surface area contributed by atoms with Crippen molar-refractivity contribution in [2.24, 2.45) is 5.73 Å². The molecule has 2 rings (SSSR count). The van der Waals surface area contributed by atoms with E-state index in [2.05, 4.69) is 0 Å². The zero-order chi connectivity index (χ0) is 14.5. The first-order valence-corrected chi connectivity index (χ1v) is 6.39. The van der Waals surface area contributed by atoms with Crippen LogP contribution in [0.3, 0.4) is 0 Å². The summed E-state index contributed by atoms with van der Waals surface area (Å²) in [5.41, 5.74) is 8.78. The molecule has 104 valence electrons. The first-order valence-electron chi connectivity index (χ1n) is 6.39. The molecule has 0 saturated heterocycles. The van der Waals surface area contributed by atoms with Crippen LogP contribution in [0.25, 0.3) is 11.1 Å². The molecule has 0 bridgehead atoms. The SMILES string of the molecule is CC(Oc1ccc(-c2ccc(CN)cc2)cc1)C(=O)O. The van der Waals surface area contributed by atoms with Crippen molar-refractivity contribution < 1.29 is 14.6 Å². The second-order valence-electron chi connectivity index (χ2n) is 4.52. The van der Waals surface area contributed by atoms with Crippen molar-refractivity contribution in [3.8, 4) is 16.9 Å². The van der Waals surface area contributed by atoms with Crippen molar-refractivity contribution in [3.05, 3.63) is 54.1 Å². The standard InChI is InChI=1S/C16H17NO3/c1-11(16(18)19)20-15-8-6-14(7-9-15)13-4-2-12(10-17)3-5-13/h2-9,11H,10,17H2,1H3,(H,18,19). The fourth-order valence-electron chi connectivity index (χ4n) is 1.81. The molecule has 0 aliphatic heterocycles. The van der Waals surface area contributed by atoms with Crippen LogP contribution in [-0.4, -0.2) is 17.2 Å². The molecule has 1 unspecified atom stereocenters. The van der Waals surface area contributed by atoms with Gasteiger partial charge in [0.05, 0.1) is 0 Å². The van der Waals surface area contributed by atoms with E-state index in [0.717, 1.165) is 16.7 Å². The van der Waals surface area contributed by atoms with Crippen LogP contribution in [-0.2, 0) is 11.3 Å². The molecule has 3 N–H and O–H groups in total. The summed E-state index contributed by atoms with van der Waals surface area (Å²) in [6.45, 7) is 2.03. The van der Waals surface area contributed by atoms with Crippen LogP contribution in [0, 0.1) is 0 Å². The van der Waals surface area contributed by atoms with Crippen LogP contribution < -0.4 is 10.5 Å². The molecule has 20 heavy (non-hydrogen) atoms. The Labute approximate surface area is 117 Å². The highest BCUT2D eigenvalue weighted by atomic mass is 16.5. The third-order valence-electron chi connectivity index (χ3n) is 3.04. The van der Waals surface area contributed by atoms with E-state index in [0.29, 0.717) is 12.3 Å². The molecule has 1 atom stereocenters. The summed E-state index contributed by atoms with van der Waals surface area (Å²) >= 11 is 0. The number of carboxylic acids is 1. The zero-order valence-electron chi connectivity index (χ0n) is 11.2. The molecule has 4 nitrogen and oxygen atoms in total. The van der Waals surface area contributed by atoms with Crippen molar-refractivity contribution in [2.45, 2.75) is 19.6 Å². The largest absolute Gasteiger partial charge is 0.479 e. The molecule has 0 amide bonds. The summed E-state index contributed by atoms with van der Waals surface area (Å²) in [5, 5.41) is 8.79. The molecule has 0 heterocycles. The Morgan fingerprint density at radius 1 is 1.10 bits per heavy atom. The van der Waals surface area contributed by atoms with Gasteiger partial charge in [-0.3, -0.25) is 0 Å². The van der Waals surface area contributed by atoms with Gasteiger partial charge in [-0.2, -0.15) is 0 Å². The molecule has 0 aromatic heterocycles. The van der Waals surface area contributed by atoms with Crippen molar-refractivity contribution >= 4 is 5.97 Å². The highest BCUT2D eigenvalue weighted by Crippen LogP contribution is 2.23. The minimum atomic E-state index is -0.980. The minimum Gasteiger partial charge on any atom is -0.479 e. The Hall–Kier alpha value is -2.33. The van der Waals surface area contributed by atoms with Crippen molar-refractivity contribution in [3.63, 3.8) is 0 Å². The van der Waals surface area contributed by atoms with Crippen LogP contribution in [0.1, 0.15) is 12.5 Å². The highest BCUT2D eigenvalue weighted by Gasteiger charge is 2.12. The zero-order valence-corrected chi connectivity index (χ0v) is 11.2. The average Bonchev–Trinajstić information content (AvgIpc) is 2.48. The lowest BCUT2D eigenvalue weighted by Crippen LogP contribution is -2.22. The van der Waals surface area contributed by atoms with Crippen molar-refractivity contribution in [1.29, 1.82) is 0 Å². The second-order valence-corrected chi connectivity index (χ2v) is 4.52. The van der Waals surface area contributed by atoms with E-state index in [1.54, 1.807) is 12.1 Å². The second kappa shape index (κ2) is 6.21. The predicted molar refractivity (Wildman–Crippen MR) is 77.5 cm³/mol. The van der Waals surface area contributed by atoms with Gasteiger partial charge in [-0.1, -0.05) is 36.4 Å². The molecule has 0 saturated carbocycles. The van der Waals surface area contributed by atoms with Crippen LogP contribution in [0.2, 0.25) is 0 Å². The molecule has 2 aromatic rings. The van der Waals surface area contributed by atoms with Crippen LogP contribution in [0.4, 0.5) is 0 Å². The van der Waals surface area contributed by atoms with E-state index in [-0.39, 0.29) is 0 Å². The molecule has 0 spiro atoms. The number of benzene rings is 2. The Kier molecular flexibility index (Phi) is 4.38. The van der Waals surface area contributed by atoms with Gasteiger partial charge in [0, 0.05) is 6.54 Å². The van der Waals surface area contributed by atoms with E-state index >= 15 is 0 Å².